The standard InChI is InChI=1S/C21H30N4O3/c26-20-13-17-15-28-12-8-19(17)23-25(20)11-10-24-9-4-3-7-18(24)14-22-21(27)16-5-1-2-6-16/h1-2,13,16,18H,3-12,14-15H2,(H,22,27). The first-order valence-corrected chi connectivity index (χ1v) is 10.5. The molecule has 7 heteroatoms. The molecule has 1 amide bonds. The number of hydrogen-bond acceptors (Lipinski definition) is 5. The third-order valence-corrected chi connectivity index (χ3v) is 6.14. The Kier molecular flexibility index (Phi) is 6.22. The lowest BCUT2D eigenvalue weighted by molar-refractivity contribution is -0.125. The van der Waals surface area contributed by atoms with Crippen molar-refractivity contribution in [1.29, 1.82) is 0 Å². The number of amides is 1. The summed E-state index contributed by atoms with van der Waals surface area (Å²) < 4.78 is 7.00. The number of ether oxygens (including phenoxy) is 1. The van der Waals surface area contributed by atoms with Crippen LogP contribution in [-0.2, 0) is 29.1 Å². The van der Waals surface area contributed by atoms with Crippen molar-refractivity contribution in [3.63, 3.8) is 0 Å². The Morgan fingerprint density at radius 1 is 1.25 bits per heavy atom. The van der Waals surface area contributed by atoms with E-state index in [4.69, 9.17) is 4.74 Å². The lowest BCUT2D eigenvalue weighted by atomic mass is 10.0. The van der Waals surface area contributed by atoms with E-state index in [1.807, 2.05) is 0 Å². The van der Waals surface area contributed by atoms with Crippen molar-refractivity contribution in [3.05, 3.63) is 39.8 Å². The number of rotatable bonds is 6. The minimum atomic E-state index is -0.0557. The molecule has 0 radical (unpaired) electrons. The minimum absolute atomic E-state index is 0.0557. The molecule has 0 aromatic carbocycles. The number of hydrogen-bond donors (Lipinski definition) is 1. The molecule has 0 saturated carbocycles. The second kappa shape index (κ2) is 9.01. The van der Waals surface area contributed by atoms with Gasteiger partial charge in [-0.1, -0.05) is 18.6 Å². The van der Waals surface area contributed by atoms with E-state index in [0.717, 1.165) is 50.0 Å². The fourth-order valence-corrected chi connectivity index (χ4v) is 4.42. The number of carbonyl (C=O) groups excluding carboxylic acids is 1. The third kappa shape index (κ3) is 4.52. The van der Waals surface area contributed by atoms with Gasteiger partial charge in [-0.15, -0.1) is 0 Å². The van der Waals surface area contributed by atoms with E-state index >= 15 is 0 Å². The highest BCUT2D eigenvalue weighted by molar-refractivity contribution is 5.79. The van der Waals surface area contributed by atoms with E-state index in [1.54, 1.807) is 10.7 Å². The molecule has 28 heavy (non-hydrogen) atoms. The molecule has 2 aliphatic heterocycles. The second-order valence-corrected chi connectivity index (χ2v) is 8.05. The van der Waals surface area contributed by atoms with Crippen molar-refractivity contribution in [1.82, 2.24) is 20.0 Å². The van der Waals surface area contributed by atoms with Gasteiger partial charge in [0.1, 0.15) is 0 Å². The molecule has 1 aromatic heterocycles. The van der Waals surface area contributed by atoms with Crippen LogP contribution in [0.15, 0.2) is 23.0 Å². The highest BCUT2D eigenvalue weighted by Gasteiger charge is 2.25. The van der Waals surface area contributed by atoms with Crippen LogP contribution in [0.5, 0.6) is 0 Å². The molecule has 1 atom stereocenters. The van der Waals surface area contributed by atoms with Crippen molar-refractivity contribution in [2.75, 3.05) is 26.2 Å². The maximum atomic E-state index is 12.4. The lowest BCUT2D eigenvalue weighted by Gasteiger charge is -2.36. The average molecular weight is 386 g/mol. The molecule has 7 nitrogen and oxygen atoms in total. The Hall–Kier alpha value is -1.99. The van der Waals surface area contributed by atoms with Crippen molar-refractivity contribution in [2.45, 2.75) is 57.7 Å². The van der Waals surface area contributed by atoms with Gasteiger partial charge in [-0.25, -0.2) is 4.68 Å². The molecule has 0 bridgehead atoms. The Labute approximate surface area is 165 Å². The molecule has 0 spiro atoms. The van der Waals surface area contributed by atoms with Crippen molar-refractivity contribution < 1.29 is 9.53 Å². The highest BCUT2D eigenvalue weighted by Crippen LogP contribution is 2.19. The van der Waals surface area contributed by atoms with Crippen LogP contribution in [0.4, 0.5) is 0 Å². The summed E-state index contributed by atoms with van der Waals surface area (Å²) in [5.41, 5.74) is 1.85. The summed E-state index contributed by atoms with van der Waals surface area (Å²) in [5.74, 6) is 0.282. The SMILES string of the molecule is O=C(NCC1CCCCN1CCn1nc2c(cc1=O)COCC2)C1CC=CC1. The second-order valence-electron chi connectivity index (χ2n) is 8.05. The fourth-order valence-electron chi connectivity index (χ4n) is 4.42. The summed E-state index contributed by atoms with van der Waals surface area (Å²) in [4.78, 5) is 27.1. The number of piperidine rings is 1. The number of aromatic nitrogens is 2. The van der Waals surface area contributed by atoms with Crippen LogP contribution in [0.3, 0.4) is 0 Å². The third-order valence-electron chi connectivity index (χ3n) is 6.14. The highest BCUT2D eigenvalue weighted by atomic mass is 16.5. The first kappa shape index (κ1) is 19.3. The van der Waals surface area contributed by atoms with E-state index < -0.39 is 0 Å². The van der Waals surface area contributed by atoms with E-state index in [9.17, 15) is 9.59 Å². The Balaban J connectivity index is 1.33. The average Bonchev–Trinajstić information content (AvgIpc) is 3.26. The summed E-state index contributed by atoms with van der Waals surface area (Å²) in [7, 11) is 0. The van der Waals surface area contributed by atoms with Crippen LogP contribution >= 0.6 is 0 Å². The zero-order valence-electron chi connectivity index (χ0n) is 16.4. The van der Waals surface area contributed by atoms with Gasteiger partial charge in [0.25, 0.3) is 5.56 Å². The van der Waals surface area contributed by atoms with E-state index in [-0.39, 0.29) is 17.4 Å². The van der Waals surface area contributed by atoms with Crippen LogP contribution in [0.25, 0.3) is 0 Å². The predicted octanol–water partition coefficient (Wildman–Crippen LogP) is 1.25. The molecule has 3 aliphatic rings. The maximum Gasteiger partial charge on any atom is 0.267 e. The maximum absolute atomic E-state index is 12.4. The number of fused-ring (bicyclic) bond motifs is 1. The zero-order valence-corrected chi connectivity index (χ0v) is 16.4. The topological polar surface area (TPSA) is 76.5 Å². The van der Waals surface area contributed by atoms with E-state index in [1.165, 1.54) is 12.8 Å². The van der Waals surface area contributed by atoms with Crippen molar-refractivity contribution in [2.24, 2.45) is 5.92 Å². The van der Waals surface area contributed by atoms with Gasteiger partial charge in [0, 0.05) is 43.1 Å². The summed E-state index contributed by atoms with van der Waals surface area (Å²) >= 11 is 0. The first-order chi connectivity index (χ1) is 13.7. The molecule has 4 rings (SSSR count). The fraction of sp³-hybridized carbons (Fsp3) is 0.667. The number of carbonyl (C=O) groups is 1. The van der Waals surface area contributed by atoms with Crippen molar-refractivity contribution >= 4 is 5.91 Å². The van der Waals surface area contributed by atoms with E-state index in [2.05, 4.69) is 27.5 Å². The molecule has 152 valence electrons. The van der Waals surface area contributed by atoms with Crippen molar-refractivity contribution in [3.8, 4) is 0 Å². The van der Waals surface area contributed by atoms with Crippen LogP contribution < -0.4 is 10.9 Å². The quantitative estimate of drug-likeness (QED) is 0.745. The molecular formula is C21H30N4O3. The van der Waals surface area contributed by atoms with Gasteiger partial charge in [-0.3, -0.25) is 14.5 Å². The molecular weight excluding hydrogens is 356 g/mol. The number of likely N-dealkylation sites (tertiary alicyclic amines) is 1. The van der Waals surface area contributed by atoms with Gasteiger partial charge >= 0.3 is 0 Å². The summed E-state index contributed by atoms with van der Waals surface area (Å²) in [5, 5.41) is 7.73. The number of allylic oxidation sites excluding steroid dienone is 2. The van der Waals surface area contributed by atoms with Crippen LogP contribution in [0, 0.1) is 5.92 Å². The molecule has 1 unspecified atom stereocenters. The van der Waals surface area contributed by atoms with Crippen LogP contribution in [0.2, 0.25) is 0 Å². The Morgan fingerprint density at radius 2 is 2.11 bits per heavy atom. The Morgan fingerprint density at radius 3 is 2.96 bits per heavy atom. The van der Waals surface area contributed by atoms with E-state index in [0.29, 0.717) is 32.3 Å². The normalized spacial score (nSPS) is 22.9. The molecule has 1 aliphatic carbocycles. The van der Waals surface area contributed by atoms with Gasteiger partial charge < -0.3 is 10.1 Å². The largest absolute Gasteiger partial charge is 0.376 e. The minimum Gasteiger partial charge on any atom is -0.376 e. The molecule has 1 fully saturated rings. The van der Waals surface area contributed by atoms with Gasteiger partial charge in [0.15, 0.2) is 0 Å². The lowest BCUT2D eigenvalue weighted by Crippen LogP contribution is -2.49. The number of nitrogens with zero attached hydrogens (tertiary/aromatic N) is 3. The summed E-state index contributed by atoms with van der Waals surface area (Å²) in [6.07, 6.45) is 10.1. The zero-order chi connectivity index (χ0) is 19.3. The number of nitrogens with one attached hydrogen (secondary N) is 1. The first-order valence-electron chi connectivity index (χ1n) is 10.5. The monoisotopic (exact) mass is 386 g/mol. The van der Waals surface area contributed by atoms with Gasteiger partial charge in [-0.2, -0.15) is 5.10 Å². The summed E-state index contributed by atoms with van der Waals surface area (Å²) in [6, 6.07) is 2.01. The Bertz CT molecular complexity index is 780. The molecule has 1 N–H and O–H groups in total. The van der Waals surface area contributed by atoms with Crippen LogP contribution in [0.1, 0.15) is 43.4 Å². The smallest absolute Gasteiger partial charge is 0.267 e. The van der Waals surface area contributed by atoms with Gasteiger partial charge in [0.05, 0.1) is 25.5 Å². The predicted molar refractivity (Wildman–Crippen MR) is 106 cm³/mol. The molecule has 1 saturated heterocycles. The molecule has 3 heterocycles. The van der Waals surface area contributed by atoms with Gasteiger partial charge in [0.2, 0.25) is 5.91 Å². The summed E-state index contributed by atoms with van der Waals surface area (Å²) in [6.45, 7) is 4.24. The van der Waals surface area contributed by atoms with Crippen LogP contribution in [-0.4, -0.2) is 52.9 Å². The van der Waals surface area contributed by atoms with Gasteiger partial charge in [-0.05, 0) is 32.2 Å². The molecule has 1 aromatic rings.